The topological polar surface area (TPSA) is 50.9 Å². The molecule has 1 aliphatic rings. The molecule has 0 aromatic carbocycles. The van der Waals surface area contributed by atoms with Crippen molar-refractivity contribution in [3.63, 3.8) is 0 Å². The second kappa shape index (κ2) is 5.39. The Kier molecular flexibility index (Phi) is 3.87. The van der Waals surface area contributed by atoms with Crippen molar-refractivity contribution in [2.75, 3.05) is 17.6 Å². The molecule has 0 saturated heterocycles. The molecule has 1 aromatic heterocycles. The summed E-state index contributed by atoms with van der Waals surface area (Å²) in [5, 5.41) is 3.42. The number of rotatable bonds is 3. The summed E-state index contributed by atoms with van der Waals surface area (Å²) >= 11 is 0. The number of pyridine rings is 1. The van der Waals surface area contributed by atoms with Crippen LogP contribution in [-0.4, -0.2) is 11.5 Å². The van der Waals surface area contributed by atoms with Gasteiger partial charge in [0.1, 0.15) is 5.82 Å². The first-order chi connectivity index (χ1) is 8.18. The van der Waals surface area contributed by atoms with Gasteiger partial charge in [-0.15, -0.1) is 0 Å². The predicted octanol–water partition coefficient (Wildman–Crippen LogP) is 3.21. The molecule has 2 atom stereocenters. The minimum atomic E-state index is 0.769. The van der Waals surface area contributed by atoms with E-state index in [1.165, 1.54) is 25.7 Å². The first-order valence-electron chi connectivity index (χ1n) is 6.63. The molecule has 1 aromatic rings. The van der Waals surface area contributed by atoms with Gasteiger partial charge in [0.2, 0.25) is 0 Å². The van der Waals surface area contributed by atoms with Crippen LogP contribution >= 0.6 is 0 Å². The Morgan fingerprint density at radius 1 is 1.41 bits per heavy atom. The number of anilines is 2. The number of nitrogens with two attached hydrogens (primary N) is 1. The Labute approximate surface area is 104 Å². The van der Waals surface area contributed by atoms with E-state index in [-0.39, 0.29) is 0 Å². The van der Waals surface area contributed by atoms with Crippen LogP contribution < -0.4 is 11.1 Å². The van der Waals surface area contributed by atoms with Gasteiger partial charge in [0, 0.05) is 12.7 Å². The zero-order chi connectivity index (χ0) is 12.3. The lowest BCUT2D eigenvalue weighted by molar-refractivity contribution is 0.268. The van der Waals surface area contributed by atoms with Crippen molar-refractivity contribution in [1.82, 2.24) is 4.98 Å². The molecule has 3 heteroatoms. The molecule has 0 radical (unpaired) electrons. The average Bonchev–Trinajstić information content (AvgIpc) is 2.33. The molecule has 2 unspecified atom stereocenters. The highest BCUT2D eigenvalue weighted by Gasteiger charge is 2.21. The van der Waals surface area contributed by atoms with E-state index >= 15 is 0 Å². The Morgan fingerprint density at radius 3 is 2.94 bits per heavy atom. The summed E-state index contributed by atoms with van der Waals surface area (Å²) in [6.07, 6.45) is 7.28. The van der Waals surface area contributed by atoms with Crippen LogP contribution in [-0.2, 0) is 0 Å². The first kappa shape index (κ1) is 12.2. The summed E-state index contributed by atoms with van der Waals surface area (Å²) in [5.41, 5.74) is 7.89. The molecule has 1 aliphatic carbocycles. The number of aromatic nitrogens is 1. The normalized spacial score (nSPS) is 24.6. The fraction of sp³-hybridized carbons (Fsp3) is 0.643. The Morgan fingerprint density at radius 2 is 2.18 bits per heavy atom. The summed E-state index contributed by atoms with van der Waals surface area (Å²) in [6.45, 7) is 5.38. The third-order valence-electron chi connectivity index (χ3n) is 4.03. The van der Waals surface area contributed by atoms with E-state index in [4.69, 9.17) is 5.73 Å². The Bertz CT molecular complexity index is 376. The van der Waals surface area contributed by atoms with Crippen molar-refractivity contribution in [3.05, 3.63) is 17.8 Å². The lowest BCUT2D eigenvalue weighted by Gasteiger charge is -2.29. The number of nitrogen functional groups attached to an aromatic ring is 1. The van der Waals surface area contributed by atoms with E-state index in [9.17, 15) is 0 Å². The summed E-state index contributed by atoms with van der Waals surface area (Å²) in [4.78, 5) is 4.31. The fourth-order valence-electron chi connectivity index (χ4n) is 2.63. The molecule has 1 saturated carbocycles. The van der Waals surface area contributed by atoms with Gasteiger partial charge in [-0.1, -0.05) is 26.2 Å². The van der Waals surface area contributed by atoms with Crippen LogP contribution in [0.15, 0.2) is 12.3 Å². The minimum absolute atomic E-state index is 0.769. The van der Waals surface area contributed by atoms with Crippen LogP contribution in [0.4, 0.5) is 11.5 Å². The summed E-state index contributed by atoms with van der Waals surface area (Å²) in [5.74, 6) is 2.44. The largest absolute Gasteiger partial charge is 0.396 e. The van der Waals surface area contributed by atoms with Gasteiger partial charge in [0.15, 0.2) is 0 Å². The number of hydrogen-bond acceptors (Lipinski definition) is 3. The molecule has 0 spiro atoms. The van der Waals surface area contributed by atoms with Gasteiger partial charge >= 0.3 is 0 Å². The maximum atomic E-state index is 6.01. The molecule has 94 valence electrons. The van der Waals surface area contributed by atoms with Crippen molar-refractivity contribution in [2.24, 2.45) is 11.8 Å². The molecule has 0 amide bonds. The second-order valence-corrected chi connectivity index (χ2v) is 5.29. The Hall–Kier alpha value is -1.25. The molecular formula is C14H23N3. The fourth-order valence-corrected chi connectivity index (χ4v) is 2.63. The zero-order valence-electron chi connectivity index (χ0n) is 10.9. The van der Waals surface area contributed by atoms with Crippen molar-refractivity contribution >= 4 is 11.5 Å². The maximum absolute atomic E-state index is 6.01. The second-order valence-electron chi connectivity index (χ2n) is 5.29. The molecule has 3 N–H and O–H groups in total. The molecule has 0 aliphatic heterocycles. The van der Waals surface area contributed by atoms with E-state index < -0.39 is 0 Å². The van der Waals surface area contributed by atoms with E-state index in [1.54, 1.807) is 0 Å². The van der Waals surface area contributed by atoms with Crippen molar-refractivity contribution in [1.29, 1.82) is 0 Å². The Balaban J connectivity index is 1.95. The molecule has 2 rings (SSSR count). The molecule has 17 heavy (non-hydrogen) atoms. The van der Waals surface area contributed by atoms with Gasteiger partial charge in [-0.05, 0) is 36.8 Å². The van der Waals surface area contributed by atoms with Crippen molar-refractivity contribution in [2.45, 2.75) is 39.5 Å². The van der Waals surface area contributed by atoms with E-state index in [0.29, 0.717) is 0 Å². The lowest BCUT2D eigenvalue weighted by atomic mass is 9.80. The highest BCUT2D eigenvalue weighted by atomic mass is 15.0. The van der Waals surface area contributed by atoms with Crippen LogP contribution in [0, 0.1) is 18.8 Å². The number of hydrogen-bond donors (Lipinski definition) is 2. The molecule has 0 bridgehead atoms. The quantitative estimate of drug-likeness (QED) is 0.843. The van der Waals surface area contributed by atoms with Crippen LogP contribution in [0.25, 0.3) is 0 Å². The zero-order valence-corrected chi connectivity index (χ0v) is 10.9. The number of nitrogens with one attached hydrogen (secondary N) is 1. The van der Waals surface area contributed by atoms with Gasteiger partial charge in [0.05, 0.1) is 5.69 Å². The van der Waals surface area contributed by atoms with Crippen LogP contribution in [0.2, 0.25) is 0 Å². The third-order valence-corrected chi connectivity index (χ3v) is 4.03. The summed E-state index contributed by atoms with van der Waals surface area (Å²) in [7, 11) is 0. The van der Waals surface area contributed by atoms with E-state index in [0.717, 1.165) is 35.4 Å². The lowest BCUT2D eigenvalue weighted by Crippen LogP contribution is -2.25. The summed E-state index contributed by atoms with van der Waals surface area (Å²) < 4.78 is 0. The minimum Gasteiger partial charge on any atom is -0.396 e. The maximum Gasteiger partial charge on any atom is 0.149 e. The van der Waals surface area contributed by atoms with Gasteiger partial charge in [0.25, 0.3) is 0 Å². The first-order valence-corrected chi connectivity index (χ1v) is 6.63. The number of nitrogens with zero attached hydrogens (tertiary/aromatic N) is 1. The van der Waals surface area contributed by atoms with Gasteiger partial charge in [-0.3, -0.25) is 0 Å². The average molecular weight is 233 g/mol. The van der Waals surface area contributed by atoms with Crippen LogP contribution in [0.5, 0.6) is 0 Å². The monoisotopic (exact) mass is 233 g/mol. The SMILES string of the molecule is Cc1ccnc(NCC2CCCCC2C)c1N. The standard InChI is InChI=1S/C14H23N3/c1-10-5-3-4-6-12(10)9-17-14-13(15)11(2)7-8-16-14/h7-8,10,12H,3-6,9,15H2,1-2H3,(H,16,17). The van der Waals surface area contributed by atoms with Crippen molar-refractivity contribution in [3.8, 4) is 0 Å². The van der Waals surface area contributed by atoms with E-state index in [1.807, 2.05) is 19.2 Å². The molecule has 1 fully saturated rings. The molecule has 1 heterocycles. The highest BCUT2D eigenvalue weighted by molar-refractivity contribution is 5.64. The molecule has 3 nitrogen and oxygen atoms in total. The van der Waals surface area contributed by atoms with Gasteiger partial charge < -0.3 is 11.1 Å². The van der Waals surface area contributed by atoms with Gasteiger partial charge in [-0.25, -0.2) is 4.98 Å². The predicted molar refractivity (Wildman–Crippen MR) is 73.0 cm³/mol. The smallest absolute Gasteiger partial charge is 0.149 e. The van der Waals surface area contributed by atoms with Crippen molar-refractivity contribution < 1.29 is 0 Å². The molecular weight excluding hydrogens is 210 g/mol. The van der Waals surface area contributed by atoms with Crippen LogP contribution in [0.3, 0.4) is 0 Å². The summed E-state index contributed by atoms with van der Waals surface area (Å²) in [6, 6.07) is 1.95. The van der Waals surface area contributed by atoms with Crippen LogP contribution in [0.1, 0.15) is 38.2 Å². The van der Waals surface area contributed by atoms with E-state index in [2.05, 4.69) is 17.2 Å². The van der Waals surface area contributed by atoms with Gasteiger partial charge in [-0.2, -0.15) is 0 Å². The number of aryl methyl sites for hydroxylation is 1. The third kappa shape index (κ3) is 2.90. The highest BCUT2D eigenvalue weighted by Crippen LogP contribution is 2.30.